The van der Waals surface area contributed by atoms with Crippen LogP contribution in [0, 0.1) is 0 Å². The first-order chi connectivity index (χ1) is 20.7. The number of benzene rings is 2. The molecule has 1 N–H and O–H groups in total. The summed E-state index contributed by atoms with van der Waals surface area (Å²) in [5.74, 6) is -0.323. The minimum Gasteiger partial charge on any atom is -0.383 e. The van der Waals surface area contributed by atoms with E-state index < -0.39 is 16.1 Å². The first-order valence-electron chi connectivity index (χ1n) is 15.2. The molecule has 3 aliphatic rings. The summed E-state index contributed by atoms with van der Waals surface area (Å²) in [6.45, 7) is 1.56. The Labute approximate surface area is 253 Å². The van der Waals surface area contributed by atoms with E-state index in [-0.39, 0.29) is 17.5 Å². The molecule has 0 unspecified atom stereocenters. The van der Waals surface area contributed by atoms with Crippen molar-refractivity contribution in [1.82, 2.24) is 18.5 Å². The number of aromatic nitrogens is 1. The number of carbonyl (C=O) groups is 2. The summed E-state index contributed by atoms with van der Waals surface area (Å²) in [6, 6.07) is 13.7. The minimum atomic E-state index is -3.96. The van der Waals surface area contributed by atoms with Crippen molar-refractivity contribution >= 4 is 39.0 Å². The number of amides is 2. The van der Waals surface area contributed by atoms with Gasteiger partial charge in [0.2, 0.25) is 0 Å². The molecule has 2 amide bonds. The largest absolute Gasteiger partial charge is 0.383 e. The van der Waals surface area contributed by atoms with Crippen LogP contribution < -0.4 is 4.72 Å². The van der Waals surface area contributed by atoms with Gasteiger partial charge >= 0.3 is 10.2 Å². The van der Waals surface area contributed by atoms with Gasteiger partial charge in [-0.2, -0.15) is 12.7 Å². The van der Waals surface area contributed by atoms with E-state index in [0.717, 1.165) is 57.7 Å². The number of carbonyl (C=O) groups excluding carboxylic acids is 2. The van der Waals surface area contributed by atoms with Crippen molar-refractivity contribution in [3.8, 4) is 11.3 Å². The Morgan fingerprint density at radius 3 is 2.53 bits per heavy atom. The fourth-order valence-electron chi connectivity index (χ4n) is 7.07. The van der Waals surface area contributed by atoms with Gasteiger partial charge in [0.05, 0.1) is 24.9 Å². The van der Waals surface area contributed by atoms with Gasteiger partial charge in [0.1, 0.15) is 0 Å². The SMILES string of the molecule is COC[C@H]1CCCN1C(=O)C1=Cc2ccccc2-c2c(C3CCCCC3)c3ccc(C(=O)NS(=O)(=O)N(C)C)cc3n2C1. The van der Waals surface area contributed by atoms with Crippen LogP contribution in [0.2, 0.25) is 0 Å². The average molecular weight is 605 g/mol. The zero-order chi connectivity index (χ0) is 30.3. The lowest BCUT2D eigenvalue weighted by atomic mass is 9.81. The molecular weight excluding hydrogens is 564 g/mol. The van der Waals surface area contributed by atoms with E-state index in [0.29, 0.717) is 31.2 Å². The Morgan fingerprint density at radius 2 is 1.79 bits per heavy atom. The predicted octanol–water partition coefficient (Wildman–Crippen LogP) is 4.93. The van der Waals surface area contributed by atoms with Crippen LogP contribution in [0.4, 0.5) is 0 Å². The quantitative estimate of drug-likeness (QED) is 0.412. The maximum absolute atomic E-state index is 14.2. The summed E-state index contributed by atoms with van der Waals surface area (Å²) in [4.78, 5) is 29.3. The van der Waals surface area contributed by atoms with Gasteiger partial charge in [0.25, 0.3) is 11.8 Å². The molecule has 1 aromatic heterocycles. The normalized spacial score (nSPS) is 19.2. The summed E-state index contributed by atoms with van der Waals surface area (Å²) >= 11 is 0. The Bertz CT molecular complexity index is 1700. The lowest BCUT2D eigenvalue weighted by Crippen LogP contribution is -2.39. The van der Waals surface area contributed by atoms with Gasteiger partial charge in [-0.15, -0.1) is 0 Å². The number of likely N-dealkylation sites (tertiary alicyclic amines) is 1. The fraction of sp³-hybridized carbons (Fsp3) is 0.455. The van der Waals surface area contributed by atoms with E-state index >= 15 is 0 Å². The standard InChI is InChI=1S/C33H40N4O5S/c1-35(2)43(40,41)34-32(38)24-15-16-28-29(19-24)37-20-25(33(39)36-17-9-13-26(36)21-42-3)18-23-12-7-8-14-27(23)31(37)30(28)22-10-5-4-6-11-22/h7-8,12,14-16,18-19,22,26H,4-6,9-11,13,17,20-21H2,1-3H3,(H,34,38)/t26-/m1/s1. The summed E-state index contributed by atoms with van der Waals surface area (Å²) in [6.07, 6.45) is 9.63. The highest BCUT2D eigenvalue weighted by molar-refractivity contribution is 7.87. The van der Waals surface area contributed by atoms with E-state index in [2.05, 4.69) is 21.4 Å². The van der Waals surface area contributed by atoms with Crippen LogP contribution in [0.5, 0.6) is 0 Å². The Kier molecular flexibility index (Phi) is 8.19. The van der Waals surface area contributed by atoms with E-state index in [1.807, 2.05) is 29.2 Å². The van der Waals surface area contributed by atoms with Crippen LogP contribution in [-0.2, 0) is 26.3 Å². The number of nitrogens with zero attached hydrogens (tertiary/aromatic N) is 3. The van der Waals surface area contributed by atoms with Gasteiger partial charge in [0, 0.05) is 55.4 Å². The highest BCUT2D eigenvalue weighted by atomic mass is 32.2. The highest BCUT2D eigenvalue weighted by Gasteiger charge is 2.34. The van der Waals surface area contributed by atoms with E-state index in [1.165, 1.54) is 38.9 Å². The molecule has 9 nitrogen and oxygen atoms in total. The summed E-state index contributed by atoms with van der Waals surface area (Å²) < 4.78 is 35.7. The molecule has 1 saturated carbocycles. The van der Waals surface area contributed by atoms with Crippen LogP contribution in [0.15, 0.2) is 48.0 Å². The van der Waals surface area contributed by atoms with Crippen molar-refractivity contribution in [2.75, 3.05) is 34.4 Å². The van der Waals surface area contributed by atoms with Crippen molar-refractivity contribution in [1.29, 1.82) is 0 Å². The molecule has 0 spiro atoms. The Balaban J connectivity index is 1.52. The molecule has 3 heterocycles. The van der Waals surface area contributed by atoms with Gasteiger partial charge in [-0.1, -0.05) is 49.6 Å². The van der Waals surface area contributed by atoms with Crippen molar-refractivity contribution in [3.63, 3.8) is 0 Å². The first-order valence-corrected chi connectivity index (χ1v) is 16.6. The molecule has 2 aromatic carbocycles. The molecule has 228 valence electrons. The molecule has 43 heavy (non-hydrogen) atoms. The molecule has 0 bridgehead atoms. The monoisotopic (exact) mass is 604 g/mol. The number of methoxy groups -OCH3 is 1. The number of nitrogens with one attached hydrogen (secondary N) is 1. The smallest absolute Gasteiger partial charge is 0.303 e. The van der Waals surface area contributed by atoms with Crippen molar-refractivity contribution in [2.24, 2.45) is 0 Å². The molecule has 1 atom stereocenters. The van der Waals surface area contributed by atoms with Gasteiger partial charge in [-0.25, -0.2) is 4.72 Å². The predicted molar refractivity (Wildman–Crippen MR) is 168 cm³/mol. The van der Waals surface area contributed by atoms with Crippen molar-refractivity contribution in [2.45, 2.75) is 63.5 Å². The summed E-state index contributed by atoms with van der Waals surface area (Å²) in [5, 5.41) is 1.05. The molecular formula is C33H40N4O5S. The molecule has 3 aromatic rings. The van der Waals surface area contributed by atoms with Crippen molar-refractivity contribution < 1.29 is 22.7 Å². The number of rotatable bonds is 7. The summed E-state index contributed by atoms with van der Waals surface area (Å²) in [5.41, 5.74) is 6.19. The zero-order valence-electron chi connectivity index (χ0n) is 25.1. The number of hydrogen-bond donors (Lipinski definition) is 1. The van der Waals surface area contributed by atoms with Crippen LogP contribution in [0.3, 0.4) is 0 Å². The molecule has 2 fully saturated rings. The number of fused-ring (bicyclic) bond motifs is 5. The maximum atomic E-state index is 14.2. The third kappa shape index (κ3) is 5.52. The van der Waals surface area contributed by atoms with Crippen LogP contribution in [-0.4, -0.2) is 74.4 Å². The van der Waals surface area contributed by atoms with Gasteiger partial charge in [-0.3, -0.25) is 9.59 Å². The van der Waals surface area contributed by atoms with Gasteiger partial charge < -0.3 is 14.2 Å². The molecule has 1 aliphatic carbocycles. The average Bonchev–Trinajstić information content (AvgIpc) is 3.54. The fourth-order valence-corrected chi connectivity index (χ4v) is 7.60. The lowest BCUT2D eigenvalue weighted by Gasteiger charge is -2.25. The van der Waals surface area contributed by atoms with Crippen LogP contribution in [0.1, 0.15) is 72.3 Å². The second kappa shape index (κ2) is 11.9. The summed E-state index contributed by atoms with van der Waals surface area (Å²) in [7, 11) is 0.469. The van der Waals surface area contributed by atoms with Crippen molar-refractivity contribution in [3.05, 3.63) is 64.7 Å². The molecule has 2 aliphatic heterocycles. The first kappa shape index (κ1) is 29.6. The minimum absolute atomic E-state index is 0.00856. The molecule has 1 saturated heterocycles. The second-order valence-corrected chi connectivity index (χ2v) is 14.0. The molecule has 6 rings (SSSR count). The maximum Gasteiger partial charge on any atom is 0.303 e. The second-order valence-electron chi connectivity index (χ2n) is 12.1. The lowest BCUT2D eigenvalue weighted by molar-refractivity contribution is -0.128. The molecule has 10 heteroatoms. The Morgan fingerprint density at radius 1 is 1.02 bits per heavy atom. The van der Waals surface area contributed by atoms with E-state index in [4.69, 9.17) is 4.74 Å². The van der Waals surface area contributed by atoms with Crippen LogP contribution >= 0.6 is 0 Å². The van der Waals surface area contributed by atoms with Gasteiger partial charge in [-0.05, 0) is 60.9 Å². The van der Waals surface area contributed by atoms with E-state index in [9.17, 15) is 18.0 Å². The van der Waals surface area contributed by atoms with Crippen LogP contribution in [0.25, 0.3) is 28.2 Å². The molecule has 0 radical (unpaired) electrons. The van der Waals surface area contributed by atoms with Gasteiger partial charge in [0.15, 0.2) is 0 Å². The number of hydrogen-bond acceptors (Lipinski definition) is 5. The Hall–Kier alpha value is -3.47. The highest BCUT2D eigenvalue weighted by Crippen LogP contribution is 2.46. The third-order valence-corrected chi connectivity index (χ3v) is 10.6. The number of ether oxygens (including phenoxy) is 1. The van der Waals surface area contributed by atoms with E-state index in [1.54, 1.807) is 19.2 Å². The topological polar surface area (TPSA) is 101 Å². The zero-order valence-corrected chi connectivity index (χ0v) is 26.0. The third-order valence-electron chi connectivity index (χ3n) is 9.23.